The lowest BCUT2D eigenvalue weighted by Gasteiger charge is -2.34. The van der Waals surface area contributed by atoms with E-state index in [9.17, 15) is 9.59 Å². The Kier molecular flexibility index (Phi) is 9.04. The predicted molar refractivity (Wildman–Crippen MR) is 154 cm³/mol. The number of amides is 2. The number of rotatable bonds is 12. The number of carbonyl (C=O) groups excluding carboxylic acids is 2. The van der Waals surface area contributed by atoms with Gasteiger partial charge in [-0.2, -0.15) is 0 Å². The maximum absolute atomic E-state index is 14.1. The second kappa shape index (κ2) is 12.6. The smallest absolute Gasteiger partial charge is 0.247 e. The van der Waals surface area contributed by atoms with Crippen molar-refractivity contribution in [1.29, 1.82) is 0 Å². The normalized spacial score (nSPS) is 12.1. The van der Waals surface area contributed by atoms with Gasteiger partial charge in [-0.05, 0) is 62.1 Å². The van der Waals surface area contributed by atoms with Crippen LogP contribution < -0.4 is 14.8 Å². The fourth-order valence-corrected chi connectivity index (χ4v) is 4.54. The maximum Gasteiger partial charge on any atom is 0.247 e. The summed E-state index contributed by atoms with van der Waals surface area (Å²) >= 11 is 0. The number of fused-ring (bicyclic) bond motifs is 1. The van der Waals surface area contributed by atoms with Crippen LogP contribution in [0.4, 0.5) is 0 Å². The van der Waals surface area contributed by atoms with Crippen LogP contribution in [0.5, 0.6) is 11.5 Å². The number of ether oxygens (including phenoxy) is 2. The summed E-state index contributed by atoms with van der Waals surface area (Å²) in [5, 5.41) is 11.6. The van der Waals surface area contributed by atoms with Crippen molar-refractivity contribution in [3.05, 3.63) is 83.9 Å². The first-order chi connectivity index (χ1) is 19.3. The van der Waals surface area contributed by atoms with Crippen LogP contribution in [0.25, 0.3) is 11.0 Å². The van der Waals surface area contributed by atoms with Gasteiger partial charge in [0.25, 0.3) is 0 Å². The monoisotopic (exact) mass is 543 g/mol. The van der Waals surface area contributed by atoms with E-state index in [0.717, 1.165) is 23.1 Å². The summed E-state index contributed by atoms with van der Waals surface area (Å²) in [7, 11) is 3.18. The lowest BCUT2D eigenvalue weighted by molar-refractivity contribution is -0.142. The van der Waals surface area contributed by atoms with Crippen LogP contribution in [-0.2, 0) is 22.6 Å². The third-order valence-electron chi connectivity index (χ3n) is 7.14. The Morgan fingerprint density at radius 1 is 0.975 bits per heavy atom. The molecule has 0 aliphatic heterocycles. The largest absolute Gasteiger partial charge is 0.493 e. The second-order valence-corrected chi connectivity index (χ2v) is 10.3. The average molecular weight is 544 g/mol. The molecule has 1 N–H and O–H groups in total. The maximum atomic E-state index is 14.1. The van der Waals surface area contributed by atoms with Crippen LogP contribution >= 0.6 is 0 Å². The molecule has 1 heterocycles. The Bertz CT molecular complexity index is 1450. The van der Waals surface area contributed by atoms with Gasteiger partial charge in [-0.25, -0.2) is 4.68 Å². The summed E-state index contributed by atoms with van der Waals surface area (Å²) in [5.41, 5.74) is 2.70. The molecule has 0 unspecified atom stereocenters. The minimum Gasteiger partial charge on any atom is -0.493 e. The Labute approximate surface area is 235 Å². The highest BCUT2D eigenvalue weighted by molar-refractivity contribution is 5.89. The van der Waals surface area contributed by atoms with Gasteiger partial charge in [0.1, 0.15) is 18.1 Å². The highest BCUT2D eigenvalue weighted by atomic mass is 16.5. The third kappa shape index (κ3) is 6.59. The van der Waals surface area contributed by atoms with E-state index < -0.39 is 11.6 Å². The zero-order chi connectivity index (χ0) is 28.7. The number of carbonyl (C=O) groups is 2. The minimum atomic E-state index is -0.838. The highest BCUT2D eigenvalue weighted by Gasteiger charge is 2.34. The van der Waals surface area contributed by atoms with Crippen molar-refractivity contribution in [3.63, 3.8) is 0 Å². The van der Waals surface area contributed by atoms with E-state index in [1.807, 2.05) is 93.6 Å². The van der Waals surface area contributed by atoms with Crippen LogP contribution in [0.15, 0.2) is 72.8 Å². The summed E-state index contributed by atoms with van der Waals surface area (Å²) in [4.78, 5) is 29.6. The van der Waals surface area contributed by atoms with Gasteiger partial charge < -0.3 is 19.7 Å². The minimum absolute atomic E-state index is 0.0553. The number of methoxy groups -OCH3 is 2. The Morgan fingerprint density at radius 3 is 2.38 bits per heavy atom. The molecule has 210 valence electrons. The summed E-state index contributed by atoms with van der Waals surface area (Å²) in [6.45, 7) is 6.21. The standard InChI is InChI=1S/C31H37N5O4/c1-6-31(2,3)32-30(38)29(23-12-8-7-9-13-23)35(19-18-22-16-17-26(39-4)27(20-22)40-5)28(37)21-36-25-15-11-10-14-24(25)33-34-36/h7-17,20,29H,6,18-19,21H2,1-5H3,(H,32,38)/t29-/m1/s1. The van der Waals surface area contributed by atoms with E-state index in [4.69, 9.17) is 9.47 Å². The van der Waals surface area contributed by atoms with Gasteiger partial charge in [-0.15, -0.1) is 5.10 Å². The van der Waals surface area contributed by atoms with Crippen molar-refractivity contribution >= 4 is 22.8 Å². The molecule has 0 bridgehead atoms. The number of nitrogens with one attached hydrogen (secondary N) is 1. The van der Waals surface area contributed by atoms with Crippen molar-refractivity contribution in [2.75, 3.05) is 20.8 Å². The molecule has 0 radical (unpaired) electrons. The highest BCUT2D eigenvalue weighted by Crippen LogP contribution is 2.29. The van der Waals surface area contributed by atoms with E-state index in [1.165, 1.54) is 0 Å². The predicted octanol–water partition coefficient (Wildman–Crippen LogP) is 4.57. The topological polar surface area (TPSA) is 98.6 Å². The fourth-order valence-electron chi connectivity index (χ4n) is 4.54. The summed E-state index contributed by atoms with van der Waals surface area (Å²) in [6.07, 6.45) is 1.24. The molecule has 9 heteroatoms. The van der Waals surface area contributed by atoms with Crippen LogP contribution in [-0.4, -0.2) is 58.0 Å². The lowest BCUT2D eigenvalue weighted by Crippen LogP contribution is -2.51. The van der Waals surface area contributed by atoms with Crippen molar-refractivity contribution in [1.82, 2.24) is 25.2 Å². The number of benzene rings is 3. The second-order valence-electron chi connectivity index (χ2n) is 10.3. The van der Waals surface area contributed by atoms with Crippen LogP contribution in [0.2, 0.25) is 0 Å². The number of hydrogen-bond acceptors (Lipinski definition) is 6. The molecule has 2 amide bonds. The van der Waals surface area contributed by atoms with Gasteiger partial charge in [-0.3, -0.25) is 9.59 Å². The molecule has 4 rings (SSSR count). The number of nitrogens with zero attached hydrogens (tertiary/aromatic N) is 4. The quantitative estimate of drug-likeness (QED) is 0.281. The molecule has 40 heavy (non-hydrogen) atoms. The van der Waals surface area contributed by atoms with Crippen molar-refractivity contribution < 1.29 is 19.1 Å². The molecule has 0 aliphatic rings. The zero-order valence-electron chi connectivity index (χ0n) is 23.8. The van der Waals surface area contributed by atoms with Gasteiger partial charge in [0, 0.05) is 12.1 Å². The van der Waals surface area contributed by atoms with Gasteiger partial charge in [0.05, 0.1) is 19.7 Å². The van der Waals surface area contributed by atoms with E-state index in [1.54, 1.807) is 23.8 Å². The van der Waals surface area contributed by atoms with Crippen molar-refractivity contribution in [2.45, 2.75) is 51.7 Å². The van der Waals surface area contributed by atoms with Gasteiger partial charge in [0.2, 0.25) is 11.8 Å². The molecule has 1 atom stereocenters. The lowest BCUT2D eigenvalue weighted by atomic mass is 9.98. The molecular weight excluding hydrogens is 506 g/mol. The summed E-state index contributed by atoms with van der Waals surface area (Å²) in [6, 6.07) is 21.7. The van der Waals surface area contributed by atoms with Gasteiger partial charge in [-0.1, -0.05) is 60.7 Å². The number of aromatic nitrogens is 3. The molecule has 0 saturated heterocycles. The van der Waals surface area contributed by atoms with Crippen molar-refractivity contribution in [2.24, 2.45) is 0 Å². The molecule has 3 aromatic carbocycles. The SMILES string of the molecule is CCC(C)(C)NC(=O)[C@@H](c1ccccc1)N(CCc1ccc(OC)c(OC)c1)C(=O)Cn1nnc2ccccc21. The average Bonchev–Trinajstić information content (AvgIpc) is 3.37. The summed E-state index contributed by atoms with van der Waals surface area (Å²) in [5.74, 6) is 0.756. The molecule has 4 aromatic rings. The number of hydrogen-bond donors (Lipinski definition) is 1. The van der Waals surface area contributed by atoms with E-state index in [0.29, 0.717) is 30.0 Å². The van der Waals surface area contributed by atoms with E-state index >= 15 is 0 Å². The summed E-state index contributed by atoms with van der Waals surface area (Å²) < 4.78 is 12.4. The zero-order valence-corrected chi connectivity index (χ0v) is 23.8. The third-order valence-corrected chi connectivity index (χ3v) is 7.14. The van der Waals surface area contributed by atoms with E-state index in [2.05, 4.69) is 15.6 Å². The first-order valence-electron chi connectivity index (χ1n) is 13.4. The van der Waals surface area contributed by atoms with Gasteiger partial charge >= 0.3 is 0 Å². The van der Waals surface area contributed by atoms with Crippen LogP contribution in [0.3, 0.4) is 0 Å². The van der Waals surface area contributed by atoms with Crippen LogP contribution in [0.1, 0.15) is 44.4 Å². The Morgan fingerprint density at radius 2 is 1.68 bits per heavy atom. The first-order valence-corrected chi connectivity index (χ1v) is 13.4. The fraction of sp³-hybridized carbons (Fsp3) is 0.355. The van der Waals surface area contributed by atoms with E-state index in [-0.39, 0.29) is 18.4 Å². The molecule has 1 aromatic heterocycles. The molecule has 0 aliphatic carbocycles. The van der Waals surface area contributed by atoms with Crippen LogP contribution in [0, 0.1) is 0 Å². The Balaban J connectivity index is 1.71. The number of para-hydroxylation sites is 1. The molecular formula is C31H37N5O4. The van der Waals surface area contributed by atoms with Gasteiger partial charge in [0.15, 0.2) is 11.5 Å². The Hall–Kier alpha value is -4.40. The molecule has 0 saturated carbocycles. The molecule has 0 fully saturated rings. The molecule has 9 nitrogen and oxygen atoms in total. The molecule has 0 spiro atoms. The first kappa shape index (κ1) is 28.6. The van der Waals surface area contributed by atoms with Crippen molar-refractivity contribution in [3.8, 4) is 11.5 Å².